The number of carbonyl (C=O) groups excluding carboxylic acids is 1. The van der Waals surface area contributed by atoms with E-state index in [1.165, 1.54) is 28.0 Å². The molecule has 1 N–H and O–H groups in total. The summed E-state index contributed by atoms with van der Waals surface area (Å²) in [5, 5.41) is 7.12. The molecule has 0 aliphatic heterocycles. The van der Waals surface area contributed by atoms with Crippen LogP contribution in [0.1, 0.15) is 23.3 Å². The third-order valence-corrected chi connectivity index (χ3v) is 9.33. The van der Waals surface area contributed by atoms with Crippen molar-refractivity contribution in [3.8, 4) is 16.9 Å². The third-order valence-electron chi connectivity index (χ3n) is 6.20. The Morgan fingerprint density at radius 2 is 1.84 bits per heavy atom. The zero-order valence-corrected chi connectivity index (χ0v) is 22.8. The Morgan fingerprint density at radius 3 is 2.65 bits per heavy atom. The maximum atomic E-state index is 13.8. The van der Waals surface area contributed by atoms with E-state index in [1.807, 2.05) is 35.7 Å². The van der Waals surface area contributed by atoms with E-state index < -0.39 is 0 Å². The zero-order chi connectivity index (χ0) is 25.4. The molecule has 6 rings (SSSR count). The predicted octanol–water partition coefficient (Wildman–Crippen LogP) is 6.83. The van der Waals surface area contributed by atoms with E-state index >= 15 is 0 Å². The van der Waals surface area contributed by atoms with E-state index in [4.69, 9.17) is 16.6 Å². The van der Waals surface area contributed by atoms with Gasteiger partial charge in [0.1, 0.15) is 4.83 Å². The number of aryl methyl sites for hydroxylation is 2. The summed E-state index contributed by atoms with van der Waals surface area (Å²) in [5.41, 5.74) is 3.53. The fourth-order valence-corrected chi connectivity index (χ4v) is 7.44. The number of benzene rings is 2. The van der Waals surface area contributed by atoms with Crippen LogP contribution in [0.4, 0.5) is 5.13 Å². The molecule has 0 radical (unpaired) electrons. The van der Waals surface area contributed by atoms with Crippen molar-refractivity contribution in [1.82, 2.24) is 14.5 Å². The number of hydrogen-bond donors (Lipinski definition) is 1. The van der Waals surface area contributed by atoms with E-state index in [0.717, 1.165) is 47.3 Å². The van der Waals surface area contributed by atoms with Crippen molar-refractivity contribution in [2.45, 2.75) is 30.8 Å². The number of amides is 1. The van der Waals surface area contributed by atoms with Crippen LogP contribution < -0.4 is 10.9 Å². The van der Waals surface area contributed by atoms with Crippen molar-refractivity contribution < 1.29 is 4.79 Å². The van der Waals surface area contributed by atoms with Gasteiger partial charge in [-0.2, -0.15) is 0 Å². The Morgan fingerprint density at radius 1 is 1.05 bits per heavy atom. The lowest BCUT2D eigenvalue weighted by Gasteiger charge is -2.13. The molecular formula is C27H21ClN4O2S3. The quantitative estimate of drug-likeness (QED) is 0.181. The highest BCUT2D eigenvalue weighted by atomic mass is 35.5. The lowest BCUT2D eigenvalue weighted by atomic mass is 9.97. The normalized spacial score (nSPS) is 13.0. The maximum Gasteiger partial charge on any atom is 0.267 e. The number of thioether (sulfide) groups is 1. The minimum Gasteiger partial charge on any atom is -0.301 e. The summed E-state index contributed by atoms with van der Waals surface area (Å²) in [6.45, 7) is 0. The molecule has 37 heavy (non-hydrogen) atoms. The number of carbonyl (C=O) groups is 1. The number of fused-ring (bicyclic) bond motifs is 3. The monoisotopic (exact) mass is 564 g/mol. The highest BCUT2D eigenvalue weighted by Gasteiger charge is 2.23. The molecule has 1 amide bonds. The van der Waals surface area contributed by atoms with Crippen molar-refractivity contribution in [2.24, 2.45) is 0 Å². The first-order valence-electron chi connectivity index (χ1n) is 11.8. The van der Waals surface area contributed by atoms with Crippen LogP contribution in [0.25, 0.3) is 27.2 Å². The Balaban J connectivity index is 1.29. The van der Waals surface area contributed by atoms with Gasteiger partial charge in [-0.05, 0) is 55.5 Å². The second kappa shape index (κ2) is 10.4. The smallest absolute Gasteiger partial charge is 0.267 e. The number of anilines is 1. The molecule has 6 nitrogen and oxygen atoms in total. The minimum absolute atomic E-state index is 0.0941. The standard InChI is InChI=1S/C27H21ClN4O2S3/c28-17-10-12-18(13-11-17)32-25(34)23-19-8-4-5-9-21(19)37-24(23)31-27(32)36-15-22(33)30-26-29-20(14-35-26)16-6-2-1-3-7-16/h1-3,6-7,10-14H,4-5,8-9,15H2,(H,29,30,33). The number of thiophene rings is 1. The number of aromatic nitrogens is 3. The number of hydrogen-bond acceptors (Lipinski definition) is 7. The molecule has 0 fully saturated rings. The average molecular weight is 565 g/mol. The number of nitrogens with one attached hydrogen (secondary N) is 1. The lowest BCUT2D eigenvalue weighted by molar-refractivity contribution is -0.113. The minimum atomic E-state index is -0.207. The van der Waals surface area contributed by atoms with Gasteiger partial charge in [-0.15, -0.1) is 22.7 Å². The van der Waals surface area contributed by atoms with Gasteiger partial charge in [0.25, 0.3) is 5.56 Å². The summed E-state index contributed by atoms with van der Waals surface area (Å²) >= 11 is 10.3. The predicted molar refractivity (Wildman–Crippen MR) is 154 cm³/mol. The van der Waals surface area contributed by atoms with Crippen LogP contribution in [0, 0.1) is 0 Å². The van der Waals surface area contributed by atoms with E-state index in [0.29, 0.717) is 26.4 Å². The first-order chi connectivity index (χ1) is 18.1. The molecule has 3 heterocycles. The first-order valence-corrected chi connectivity index (χ1v) is 14.9. The molecule has 0 saturated heterocycles. The van der Waals surface area contributed by atoms with Crippen LogP contribution in [0.3, 0.4) is 0 Å². The van der Waals surface area contributed by atoms with Gasteiger partial charge >= 0.3 is 0 Å². The van der Waals surface area contributed by atoms with Crippen molar-refractivity contribution in [2.75, 3.05) is 11.1 Å². The van der Waals surface area contributed by atoms with E-state index in [1.54, 1.807) is 40.2 Å². The van der Waals surface area contributed by atoms with Crippen molar-refractivity contribution in [3.63, 3.8) is 0 Å². The van der Waals surface area contributed by atoms with Gasteiger partial charge in [0.15, 0.2) is 10.3 Å². The van der Waals surface area contributed by atoms with Gasteiger partial charge in [-0.1, -0.05) is 53.7 Å². The van der Waals surface area contributed by atoms with E-state index in [2.05, 4.69) is 10.3 Å². The Kier molecular flexibility index (Phi) is 6.86. The second-order valence-corrected chi connectivity index (χ2v) is 12.0. The summed E-state index contributed by atoms with van der Waals surface area (Å²) < 4.78 is 1.61. The fraction of sp³-hybridized carbons (Fsp3) is 0.185. The van der Waals surface area contributed by atoms with Gasteiger partial charge in [0, 0.05) is 20.8 Å². The summed E-state index contributed by atoms with van der Waals surface area (Å²) in [5.74, 6) is -0.113. The van der Waals surface area contributed by atoms with Gasteiger partial charge in [0.05, 0.1) is 22.5 Å². The topological polar surface area (TPSA) is 76.9 Å². The van der Waals surface area contributed by atoms with Crippen LogP contribution in [0.5, 0.6) is 0 Å². The second-order valence-electron chi connectivity index (χ2n) is 8.64. The molecule has 0 spiro atoms. The van der Waals surface area contributed by atoms with Crippen LogP contribution in [-0.4, -0.2) is 26.2 Å². The summed E-state index contributed by atoms with van der Waals surface area (Å²) in [4.78, 5) is 38.1. The highest BCUT2D eigenvalue weighted by Crippen LogP contribution is 2.35. The molecule has 0 saturated carbocycles. The summed E-state index contributed by atoms with van der Waals surface area (Å²) in [7, 11) is 0. The summed E-state index contributed by atoms with van der Waals surface area (Å²) in [6, 6.07) is 17.0. The molecule has 186 valence electrons. The molecule has 10 heteroatoms. The van der Waals surface area contributed by atoms with Crippen LogP contribution >= 0.6 is 46.0 Å². The number of thiazole rings is 1. The molecule has 1 aliphatic rings. The van der Waals surface area contributed by atoms with Crippen LogP contribution in [-0.2, 0) is 17.6 Å². The summed E-state index contributed by atoms with van der Waals surface area (Å²) in [6.07, 6.45) is 4.11. The Hall–Kier alpha value is -2.98. The molecule has 0 bridgehead atoms. The molecular weight excluding hydrogens is 544 g/mol. The molecule has 0 atom stereocenters. The molecule has 1 aliphatic carbocycles. The molecule has 2 aromatic carbocycles. The average Bonchev–Trinajstić information content (AvgIpc) is 3.53. The van der Waals surface area contributed by atoms with Crippen LogP contribution in [0.15, 0.2) is 69.9 Å². The Labute approximate surface area is 230 Å². The number of nitrogens with zero attached hydrogens (tertiary/aromatic N) is 3. The van der Waals surface area contributed by atoms with Gasteiger partial charge in [-0.3, -0.25) is 14.2 Å². The third kappa shape index (κ3) is 4.96. The largest absolute Gasteiger partial charge is 0.301 e. The SMILES string of the molecule is O=C(CSc1nc2sc3c(c2c(=O)n1-c1ccc(Cl)cc1)CCCC3)Nc1nc(-c2ccccc2)cs1. The number of halogens is 1. The lowest BCUT2D eigenvalue weighted by Crippen LogP contribution is -2.23. The zero-order valence-electron chi connectivity index (χ0n) is 19.6. The first kappa shape index (κ1) is 24.4. The molecule has 3 aromatic heterocycles. The van der Waals surface area contributed by atoms with Crippen molar-refractivity contribution in [1.29, 1.82) is 0 Å². The van der Waals surface area contributed by atoms with Crippen LogP contribution in [0.2, 0.25) is 5.02 Å². The Bertz CT molecular complexity index is 1660. The molecule has 0 unspecified atom stereocenters. The van der Waals surface area contributed by atoms with E-state index in [9.17, 15) is 9.59 Å². The van der Waals surface area contributed by atoms with Gasteiger partial charge in [0.2, 0.25) is 5.91 Å². The molecule has 5 aromatic rings. The van der Waals surface area contributed by atoms with Gasteiger partial charge < -0.3 is 5.32 Å². The fourth-order valence-electron chi connectivity index (χ4n) is 4.46. The van der Waals surface area contributed by atoms with Crippen molar-refractivity contribution >= 4 is 67.3 Å². The van der Waals surface area contributed by atoms with E-state index in [-0.39, 0.29) is 17.2 Å². The highest BCUT2D eigenvalue weighted by molar-refractivity contribution is 7.99. The van der Waals surface area contributed by atoms with Crippen molar-refractivity contribution in [3.05, 3.63) is 85.8 Å². The number of rotatable bonds is 6. The maximum absolute atomic E-state index is 13.8. The van der Waals surface area contributed by atoms with Gasteiger partial charge in [-0.25, -0.2) is 9.97 Å².